The molecule has 8 heteroatoms. The maximum absolute atomic E-state index is 12.0. The first-order valence-corrected chi connectivity index (χ1v) is 7.88. The first-order chi connectivity index (χ1) is 12.0. The molecule has 0 unspecified atom stereocenters. The van der Waals surface area contributed by atoms with Gasteiger partial charge in [-0.15, -0.1) is 0 Å². The Kier molecular flexibility index (Phi) is 4.62. The lowest BCUT2D eigenvalue weighted by molar-refractivity contribution is -0.385. The average molecular weight is 403 g/mol. The summed E-state index contributed by atoms with van der Waals surface area (Å²) in [4.78, 5) is 26.7. The van der Waals surface area contributed by atoms with E-state index < -0.39 is 10.9 Å². The van der Waals surface area contributed by atoms with E-state index in [-0.39, 0.29) is 23.0 Å². The lowest BCUT2D eigenvalue weighted by Gasteiger charge is -2.02. The molecule has 1 heterocycles. The number of carbonyl (C=O) groups excluding carboxylic acids is 1. The van der Waals surface area contributed by atoms with E-state index in [0.717, 1.165) is 4.47 Å². The van der Waals surface area contributed by atoms with Gasteiger partial charge in [0, 0.05) is 16.1 Å². The van der Waals surface area contributed by atoms with Gasteiger partial charge in [0.15, 0.2) is 11.4 Å². The monoisotopic (exact) mass is 402 g/mol. The second-order valence-corrected chi connectivity index (χ2v) is 5.95. The molecule has 1 aliphatic rings. The van der Waals surface area contributed by atoms with Crippen LogP contribution in [0.15, 0.2) is 57.6 Å². The standard InChI is InChI=1S/C17H11BrN2O5/c1-24-15-7-2-10(9-14(15)20(22)23)8-13-17(21)25-16(19-13)11-3-5-12(18)6-4-11/h2-9H,1H3. The number of hydrogen-bond acceptors (Lipinski definition) is 6. The third-order valence-corrected chi connectivity index (χ3v) is 3.94. The Bertz CT molecular complexity index is 919. The van der Waals surface area contributed by atoms with Gasteiger partial charge in [-0.2, -0.15) is 0 Å². The average Bonchev–Trinajstić information content (AvgIpc) is 2.96. The summed E-state index contributed by atoms with van der Waals surface area (Å²) in [5.74, 6) is -0.289. The molecule has 0 atom stereocenters. The molecule has 126 valence electrons. The number of carbonyl (C=O) groups is 1. The molecule has 0 spiro atoms. The number of benzene rings is 2. The zero-order chi connectivity index (χ0) is 18.0. The van der Waals surface area contributed by atoms with Gasteiger partial charge < -0.3 is 9.47 Å². The van der Waals surface area contributed by atoms with Crippen LogP contribution in [0.3, 0.4) is 0 Å². The number of halogens is 1. The highest BCUT2D eigenvalue weighted by molar-refractivity contribution is 9.10. The number of aliphatic imine (C=N–C) groups is 1. The summed E-state index contributed by atoms with van der Waals surface area (Å²) in [5, 5.41) is 11.1. The van der Waals surface area contributed by atoms with Gasteiger partial charge in [-0.05, 0) is 42.0 Å². The first-order valence-electron chi connectivity index (χ1n) is 7.09. The van der Waals surface area contributed by atoms with Crippen LogP contribution in [0.25, 0.3) is 6.08 Å². The molecule has 0 bridgehead atoms. The lowest BCUT2D eigenvalue weighted by atomic mass is 10.1. The molecule has 0 saturated carbocycles. The molecule has 0 aromatic heterocycles. The molecule has 3 rings (SSSR count). The van der Waals surface area contributed by atoms with E-state index in [2.05, 4.69) is 20.9 Å². The zero-order valence-electron chi connectivity index (χ0n) is 12.9. The molecular weight excluding hydrogens is 392 g/mol. The molecule has 2 aromatic carbocycles. The fourth-order valence-corrected chi connectivity index (χ4v) is 2.49. The van der Waals surface area contributed by atoms with Crippen LogP contribution in [0.1, 0.15) is 11.1 Å². The highest BCUT2D eigenvalue weighted by Crippen LogP contribution is 2.29. The van der Waals surface area contributed by atoms with E-state index >= 15 is 0 Å². The maximum Gasteiger partial charge on any atom is 0.363 e. The lowest BCUT2D eigenvalue weighted by Crippen LogP contribution is -2.05. The molecule has 0 radical (unpaired) electrons. The Labute approximate surface area is 150 Å². The van der Waals surface area contributed by atoms with Gasteiger partial charge in [-0.3, -0.25) is 10.1 Å². The van der Waals surface area contributed by atoms with Crippen LogP contribution in [-0.2, 0) is 9.53 Å². The summed E-state index contributed by atoms with van der Waals surface area (Å²) in [6.07, 6.45) is 1.43. The van der Waals surface area contributed by atoms with E-state index in [1.165, 1.54) is 25.3 Å². The largest absolute Gasteiger partial charge is 0.490 e. The number of hydrogen-bond donors (Lipinski definition) is 0. The summed E-state index contributed by atoms with van der Waals surface area (Å²) in [6, 6.07) is 11.5. The number of cyclic esters (lactones) is 1. The number of nitrogens with zero attached hydrogens (tertiary/aromatic N) is 2. The number of ether oxygens (including phenoxy) is 2. The molecular formula is C17H11BrN2O5. The van der Waals surface area contributed by atoms with Gasteiger partial charge in [0.1, 0.15) is 0 Å². The highest BCUT2D eigenvalue weighted by atomic mass is 79.9. The quantitative estimate of drug-likeness (QED) is 0.336. The van der Waals surface area contributed by atoms with Gasteiger partial charge in [0.25, 0.3) is 0 Å². The van der Waals surface area contributed by atoms with Crippen molar-refractivity contribution in [2.75, 3.05) is 7.11 Å². The maximum atomic E-state index is 12.0. The van der Waals surface area contributed by atoms with Gasteiger partial charge in [-0.25, -0.2) is 9.79 Å². The Balaban J connectivity index is 1.95. The van der Waals surface area contributed by atoms with Crippen molar-refractivity contribution in [2.24, 2.45) is 4.99 Å². The van der Waals surface area contributed by atoms with Crippen molar-refractivity contribution in [3.63, 3.8) is 0 Å². The van der Waals surface area contributed by atoms with Gasteiger partial charge in [-0.1, -0.05) is 22.0 Å². The third-order valence-electron chi connectivity index (χ3n) is 3.41. The normalized spacial score (nSPS) is 15.0. The molecule has 25 heavy (non-hydrogen) atoms. The van der Waals surface area contributed by atoms with Gasteiger partial charge in [0.05, 0.1) is 12.0 Å². The zero-order valence-corrected chi connectivity index (χ0v) is 14.5. The minimum Gasteiger partial charge on any atom is -0.490 e. The number of nitro benzene ring substituents is 1. The predicted octanol–water partition coefficient (Wildman–Crippen LogP) is 3.71. The van der Waals surface area contributed by atoms with E-state index in [0.29, 0.717) is 11.1 Å². The van der Waals surface area contributed by atoms with Crippen molar-refractivity contribution in [1.82, 2.24) is 0 Å². The molecule has 2 aromatic rings. The number of methoxy groups -OCH3 is 1. The predicted molar refractivity (Wildman–Crippen MR) is 94.4 cm³/mol. The van der Waals surface area contributed by atoms with Crippen LogP contribution in [0.2, 0.25) is 0 Å². The molecule has 0 amide bonds. The van der Waals surface area contributed by atoms with E-state index in [1.807, 2.05) is 0 Å². The molecule has 0 N–H and O–H groups in total. The van der Waals surface area contributed by atoms with Crippen LogP contribution in [0.4, 0.5) is 5.69 Å². The Morgan fingerprint density at radius 3 is 2.60 bits per heavy atom. The number of nitro groups is 1. The third kappa shape index (κ3) is 3.58. The van der Waals surface area contributed by atoms with Crippen LogP contribution in [0.5, 0.6) is 5.75 Å². The highest BCUT2D eigenvalue weighted by Gasteiger charge is 2.24. The molecule has 0 saturated heterocycles. The Morgan fingerprint density at radius 1 is 1.24 bits per heavy atom. The first kappa shape index (κ1) is 16.8. The summed E-state index contributed by atoms with van der Waals surface area (Å²) in [6.45, 7) is 0. The van der Waals surface area contributed by atoms with Crippen LogP contribution in [0, 0.1) is 10.1 Å². The van der Waals surface area contributed by atoms with E-state index in [1.54, 1.807) is 30.3 Å². The molecule has 0 fully saturated rings. The summed E-state index contributed by atoms with van der Waals surface area (Å²) >= 11 is 3.33. The van der Waals surface area contributed by atoms with Crippen molar-refractivity contribution in [3.05, 3.63) is 73.9 Å². The Hall–Kier alpha value is -3.00. The van der Waals surface area contributed by atoms with E-state index in [4.69, 9.17) is 9.47 Å². The van der Waals surface area contributed by atoms with Gasteiger partial charge in [0.2, 0.25) is 5.90 Å². The minimum atomic E-state index is -0.614. The van der Waals surface area contributed by atoms with Crippen LogP contribution in [-0.4, -0.2) is 23.9 Å². The minimum absolute atomic E-state index is 0.0670. The molecule has 0 aliphatic carbocycles. The SMILES string of the molecule is COc1ccc(C=C2N=C(c3ccc(Br)cc3)OC2=O)cc1[N+](=O)[O-]. The Morgan fingerprint density at radius 2 is 1.96 bits per heavy atom. The summed E-state index contributed by atoms with van der Waals surface area (Å²) in [7, 11) is 1.35. The van der Waals surface area contributed by atoms with E-state index in [9.17, 15) is 14.9 Å². The summed E-state index contributed by atoms with van der Waals surface area (Å²) < 4.78 is 11.0. The summed E-state index contributed by atoms with van der Waals surface area (Å²) in [5.41, 5.74) is 0.971. The van der Waals surface area contributed by atoms with Crippen molar-refractivity contribution in [3.8, 4) is 5.75 Å². The molecule has 7 nitrogen and oxygen atoms in total. The number of rotatable bonds is 4. The van der Waals surface area contributed by atoms with Crippen molar-refractivity contribution in [1.29, 1.82) is 0 Å². The second-order valence-electron chi connectivity index (χ2n) is 5.03. The fraction of sp³-hybridized carbons (Fsp3) is 0.0588. The smallest absolute Gasteiger partial charge is 0.363 e. The molecule has 1 aliphatic heterocycles. The topological polar surface area (TPSA) is 91.0 Å². The number of esters is 1. The van der Waals surface area contributed by atoms with Crippen LogP contribution >= 0.6 is 15.9 Å². The fourth-order valence-electron chi connectivity index (χ4n) is 2.22. The second kappa shape index (κ2) is 6.86. The van der Waals surface area contributed by atoms with Gasteiger partial charge >= 0.3 is 11.7 Å². The van der Waals surface area contributed by atoms with Crippen molar-refractivity contribution in [2.45, 2.75) is 0 Å². The van der Waals surface area contributed by atoms with Crippen LogP contribution < -0.4 is 4.74 Å². The van der Waals surface area contributed by atoms with Crippen molar-refractivity contribution < 1.29 is 19.2 Å². The van der Waals surface area contributed by atoms with Crippen molar-refractivity contribution >= 4 is 39.6 Å².